The van der Waals surface area contributed by atoms with E-state index in [4.69, 9.17) is 0 Å². The highest BCUT2D eigenvalue weighted by Crippen LogP contribution is 2.22. The molecule has 0 saturated carbocycles. The number of rotatable bonds is 6. The molecule has 2 N–H and O–H groups in total. The van der Waals surface area contributed by atoms with Crippen molar-refractivity contribution in [3.63, 3.8) is 0 Å². The summed E-state index contributed by atoms with van der Waals surface area (Å²) in [6.07, 6.45) is 0. The van der Waals surface area contributed by atoms with E-state index in [0.29, 0.717) is 11.5 Å². The van der Waals surface area contributed by atoms with Crippen LogP contribution in [0.3, 0.4) is 0 Å². The number of ether oxygens (including phenoxy) is 1. The van der Waals surface area contributed by atoms with Gasteiger partial charge in [-0.25, -0.2) is 8.78 Å². The second-order valence-corrected chi connectivity index (χ2v) is 5.50. The van der Waals surface area contributed by atoms with Gasteiger partial charge in [-0.1, -0.05) is 17.7 Å². The quantitative estimate of drug-likeness (QED) is 0.270. The number of hydrogen-bond acceptors (Lipinski definition) is 2. The number of aliphatic imine (C=N–C) groups is 1. The molecule has 0 unspecified atom stereocenters. The number of hydrogen-bond donors (Lipinski definition) is 2. The first-order chi connectivity index (χ1) is 12.4. The van der Waals surface area contributed by atoms with E-state index in [-0.39, 0.29) is 48.4 Å². The maximum Gasteiger partial charge on any atom is 0.387 e. The molecular formula is C18H20F4IN3O. The van der Waals surface area contributed by atoms with Crippen molar-refractivity contribution < 1.29 is 22.3 Å². The lowest BCUT2D eigenvalue weighted by Crippen LogP contribution is -2.36. The number of nitrogens with zero attached hydrogens (tertiary/aromatic N) is 1. The Morgan fingerprint density at radius 2 is 1.70 bits per heavy atom. The van der Waals surface area contributed by atoms with E-state index in [9.17, 15) is 17.6 Å². The minimum Gasteiger partial charge on any atom is -0.434 e. The third kappa shape index (κ3) is 7.24. The molecule has 0 heterocycles. The van der Waals surface area contributed by atoms with Gasteiger partial charge in [0.1, 0.15) is 17.4 Å². The van der Waals surface area contributed by atoms with Gasteiger partial charge >= 0.3 is 6.61 Å². The monoisotopic (exact) mass is 497 g/mol. The molecule has 0 aliphatic rings. The van der Waals surface area contributed by atoms with Gasteiger partial charge in [-0.15, -0.1) is 24.0 Å². The van der Waals surface area contributed by atoms with Crippen LogP contribution in [-0.4, -0.2) is 19.6 Å². The molecule has 9 heteroatoms. The fraction of sp³-hybridized carbons (Fsp3) is 0.278. The zero-order chi connectivity index (χ0) is 19.1. The van der Waals surface area contributed by atoms with E-state index in [1.165, 1.54) is 13.1 Å². The van der Waals surface area contributed by atoms with Crippen molar-refractivity contribution in [1.82, 2.24) is 10.6 Å². The number of aryl methyl sites for hydroxylation is 1. The fourth-order valence-corrected chi connectivity index (χ4v) is 2.31. The van der Waals surface area contributed by atoms with E-state index in [0.717, 1.165) is 23.8 Å². The highest BCUT2D eigenvalue weighted by molar-refractivity contribution is 14.0. The Hall–Kier alpha value is -2.04. The highest BCUT2D eigenvalue weighted by atomic mass is 127. The molecule has 2 rings (SSSR count). The zero-order valence-electron chi connectivity index (χ0n) is 14.7. The first-order valence-electron chi connectivity index (χ1n) is 7.82. The van der Waals surface area contributed by atoms with Gasteiger partial charge in [-0.05, 0) is 31.2 Å². The molecular weight excluding hydrogens is 477 g/mol. The molecule has 4 nitrogen and oxygen atoms in total. The Labute approximate surface area is 172 Å². The van der Waals surface area contributed by atoms with Crippen LogP contribution in [0.1, 0.15) is 16.7 Å². The maximum absolute atomic E-state index is 13.6. The molecule has 0 saturated heterocycles. The van der Waals surface area contributed by atoms with E-state index < -0.39 is 18.2 Å². The first-order valence-corrected chi connectivity index (χ1v) is 7.82. The lowest BCUT2D eigenvalue weighted by molar-refractivity contribution is -0.0504. The Morgan fingerprint density at radius 1 is 1.04 bits per heavy atom. The van der Waals surface area contributed by atoms with Crippen molar-refractivity contribution in [3.8, 4) is 5.75 Å². The van der Waals surface area contributed by atoms with E-state index in [2.05, 4.69) is 20.4 Å². The summed E-state index contributed by atoms with van der Waals surface area (Å²) in [4.78, 5) is 3.97. The largest absolute Gasteiger partial charge is 0.434 e. The fourth-order valence-electron chi connectivity index (χ4n) is 2.31. The van der Waals surface area contributed by atoms with Crippen molar-refractivity contribution >= 4 is 29.9 Å². The maximum atomic E-state index is 13.6. The number of benzene rings is 2. The minimum atomic E-state index is -2.93. The SMILES string of the molecule is CN=C(NCc1cc(F)ccc1F)NCc1cc(C)ccc1OC(F)F.I. The van der Waals surface area contributed by atoms with Crippen LogP contribution in [0.2, 0.25) is 0 Å². The molecule has 0 spiro atoms. The molecule has 2 aromatic carbocycles. The van der Waals surface area contributed by atoms with Gasteiger partial charge in [0.05, 0.1) is 0 Å². The van der Waals surface area contributed by atoms with Gasteiger partial charge < -0.3 is 15.4 Å². The molecule has 0 radical (unpaired) electrons. The Balaban J connectivity index is 0.00000364. The van der Waals surface area contributed by atoms with E-state index in [1.54, 1.807) is 12.1 Å². The Morgan fingerprint density at radius 3 is 2.33 bits per heavy atom. The van der Waals surface area contributed by atoms with Gasteiger partial charge in [0.15, 0.2) is 5.96 Å². The summed E-state index contributed by atoms with van der Waals surface area (Å²) in [7, 11) is 1.50. The topological polar surface area (TPSA) is 45.7 Å². The lowest BCUT2D eigenvalue weighted by Gasteiger charge is -2.15. The van der Waals surface area contributed by atoms with Gasteiger partial charge in [-0.3, -0.25) is 4.99 Å². The summed E-state index contributed by atoms with van der Waals surface area (Å²) >= 11 is 0. The number of guanidine groups is 1. The summed E-state index contributed by atoms with van der Waals surface area (Å²) in [5.41, 5.74) is 1.55. The average molecular weight is 497 g/mol. The van der Waals surface area contributed by atoms with Crippen LogP contribution in [0.4, 0.5) is 17.6 Å². The Bertz CT molecular complexity index is 787. The molecule has 148 valence electrons. The van der Waals surface area contributed by atoms with Crippen LogP contribution >= 0.6 is 24.0 Å². The van der Waals surface area contributed by atoms with Gasteiger partial charge in [-0.2, -0.15) is 8.78 Å². The third-order valence-corrected chi connectivity index (χ3v) is 3.56. The van der Waals surface area contributed by atoms with Crippen molar-refractivity contribution in [1.29, 1.82) is 0 Å². The molecule has 27 heavy (non-hydrogen) atoms. The summed E-state index contributed by atoms with van der Waals surface area (Å²) in [6.45, 7) is -0.924. The van der Waals surface area contributed by atoms with E-state index in [1.807, 2.05) is 6.92 Å². The third-order valence-electron chi connectivity index (χ3n) is 3.56. The first kappa shape index (κ1) is 23.0. The molecule has 0 fully saturated rings. The average Bonchev–Trinajstić information content (AvgIpc) is 2.59. The second kappa shape index (κ2) is 11.0. The zero-order valence-corrected chi connectivity index (χ0v) is 17.1. The number of halogens is 5. The van der Waals surface area contributed by atoms with E-state index >= 15 is 0 Å². The van der Waals surface area contributed by atoms with Crippen molar-refractivity contribution in [2.45, 2.75) is 26.6 Å². The normalized spacial score (nSPS) is 11.1. The summed E-state index contributed by atoms with van der Waals surface area (Å²) in [5, 5.41) is 5.77. The molecule has 0 aromatic heterocycles. The molecule has 0 atom stereocenters. The smallest absolute Gasteiger partial charge is 0.387 e. The number of nitrogens with one attached hydrogen (secondary N) is 2. The summed E-state index contributed by atoms with van der Waals surface area (Å²) < 4.78 is 56.3. The van der Waals surface area contributed by atoms with Crippen LogP contribution in [0.25, 0.3) is 0 Å². The molecule has 0 amide bonds. The molecule has 2 aromatic rings. The summed E-state index contributed by atoms with van der Waals surface area (Å²) in [6, 6.07) is 8.02. The lowest BCUT2D eigenvalue weighted by atomic mass is 10.1. The predicted molar refractivity (Wildman–Crippen MR) is 107 cm³/mol. The van der Waals surface area contributed by atoms with Crippen LogP contribution in [0.5, 0.6) is 5.75 Å². The van der Waals surface area contributed by atoms with Gasteiger partial charge in [0.2, 0.25) is 0 Å². The van der Waals surface area contributed by atoms with Crippen LogP contribution in [-0.2, 0) is 13.1 Å². The Kier molecular flexibility index (Phi) is 9.33. The van der Waals surface area contributed by atoms with Gasteiger partial charge in [0, 0.05) is 31.3 Å². The molecule has 0 bridgehead atoms. The van der Waals surface area contributed by atoms with Crippen molar-refractivity contribution in [2.75, 3.05) is 7.05 Å². The van der Waals surface area contributed by atoms with Crippen molar-refractivity contribution in [2.24, 2.45) is 4.99 Å². The van der Waals surface area contributed by atoms with Gasteiger partial charge in [0.25, 0.3) is 0 Å². The van der Waals surface area contributed by atoms with Crippen LogP contribution in [0.15, 0.2) is 41.4 Å². The van der Waals surface area contributed by atoms with Crippen LogP contribution in [0, 0.1) is 18.6 Å². The van der Waals surface area contributed by atoms with Crippen LogP contribution < -0.4 is 15.4 Å². The highest BCUT2D eigenvalue weighted by Gasteiger charge is 2.11. The second-order valence-electron chi connectivity index (χ2n) is 5.50. The summed E-state index contributed by atoms with van der Waals surface area (Å²) in [5.74, 6) is -0.719. The minimum absolute atomic E-state index is 0. The molecule has 0 aliphatic carbocycles. The predicted octanol–water partition coefficient (Wildman–Crippen LogP) is 4.36. The number of alkyl halides is 2. The standard InChI is InChI=1S/C18H19F4N3O.HI/c1-11-3-6-16(26-17(21)22)13(7-11)10-25-18(23-2)24-9-12-8-14(19)4-5-15(12)20;/h3-8,17H,9-10H2,1-2H3,(H2,23,24,25);1H. The van der Waals surface area contributed by atoms with Crippen molar-refractivity contribution in [3.05, 3.63) is 64.7 Å². The molecule has 0 aliphatic heterocycles.